The summed E-state index contributed by atoms with van der Waals surface area (Å²) in [5.41, 5.74) is 5.49. The molecule has 0 aliphatic carbocycles. The van der Waals surface area contributed by atoms with E-state index in [1.165, 1.54) is 6.08 Å². The summed E-state index contributed by atoms with van der Waals surface area (Å²) in [6.45, 7) is 7.01. The molecule has 0 aromatic rings. The Bertz CT molecular complexity index is 291. The average molecular weight is 240 g/mol. The summed E-state index contributed by atoms with van der Waals surface area (Å²) in [7, 11) is -4.67. The number of hydrogen-bond acceptors (Lipinski definition) is 4. The standard InChI is InChI=1S/C7H14N2O.H2O4S/c1-4-7(10)9-6(3)5(2)8;1-5(2,3)4/h4-6H,1,8H2,2-3H3,(H,9,10);(H2,1,2,3,4). The Hall–Kier alpha value is -0.960. The fraction of sp³-hybridized carbons (Fsp3) is 0.571. The van der Waals surface area contributed by atoms with Gasteiger partial charge in [0.25, 0.3) is 0 Å². The van der Waals surface area contributed by atoms with Gasteiger partial charge in [0, 0.05) is 12.1 Å². The van der Waals surface area contributed by atoms with Gasteiger partial charge < -0.3 is 11.1 Å². The molecule has 90 valence electrons. The Morgan fingerprint density at radius 2 is 1.80 bits per heavy atom. The topological polar surface area (TPSA) is 130 Å². The van der Waals surface area contributed by atoms with E-state index >= 15 is 0 Å². The molecule has 0 rings (SSSR count). The lowest BCUT2D eigenvalue weighted by molar-refractivity contribution is -0.117. The first-order valence-corrected chi connectivity index (χ1v) is 5.36. The Morgan fingerprint density at radius 1 is 1.47 bits per heavy atom. The zero-order chi connectivity index (χ0) is 12.6. The molecular formula is C7H16N2O5S. The zero-order valence-corrected chi connectivity index (χ0v) is 9.36. The molecule has 5 N–H and O–H groups in total. The van der Waals surface area contributed by atoms with Crippen molar-refractivity contribution < 1.29 is 22.3 Å². The third-order valence-electron chi connectivity index (χ3n) is 1.34. The van der Waals surface area contributed by atoms with Gasteiger partial charge in [-0.2, -0.15) is 8.42 Å². The highest BCUT2D eigenvalue weighted by Crippen LogP contribution is 1.86. The second-order valence-corrected chi connectivity index (χ2v) is 3.70. The molecule has 0 aromatic carbocycles. The number of carbonyl (C=O) groups is 1. The van der Waals surface area contributed by atoms with E-state index < -0.39 is 10.4 Å². The van der Waals surface area contributed by atoms with Crippen LogP contribution in [0.3, 0.4) is 0 Å². The van der Waals surface area contributed by atoms with Gasteiger partial charge in [-0.15, -0.1) is 0 Å². The van der Waals surface area contributed by atoms with Crippen molar-refractivity contribution in [2.24, 2.45) is 5.73 Å². The van der Waals surface area contributed by atoms with Gasteiger partial charge in [-0.25, -0.2) is 0 Å². The highest BCUT2D eigenvalue weighted by Gasteiger charge is 2.07. The predicted octanol–water partition coefficient (Wildman–Crippen LogP) is -0.628. The largest absolute Gasteiger partial charge is 0.394 e. The zero-order valence-electron chi connectivity index (χ0n) is 8.54. The van der Waals surface area contributed by atoms with Crippen LogP contribution in [0.25, 0.3) is 0 Å². The lowest BCUT2D eigenvalue weighted by Crippen LogP contribution is -2.43. The summed E-state index contributed by atoms with van der Waals surface area (Å²) in [4.78, 5) is 10.6. The average Bonchev–Trinajstić information content (AvgIpc) is 2.00. The summed E-state index contributed by atoms with van der Waals surface area (Å²) < 4.78 is 31.6. The molecule has 8 heteroatoms. The highest BCUT2D eigenvalue weighted by atomic mass is 32.3. The number of carbonyl (C=O) groups excluding carboxylic acids is 1. The van der Waals surface area contributed by atoms with Gasteiger partial charge in [-0.05, 0) is 19.9 Å². The molecule has 1 amide bonds. The SMILES string of the molecule is C=CC(=O)NC(C)C(C)N.O=S(=O)(O)O. The van der Waals surface area contributed by atoms with E-state index in [1.54, 1.807) is 0 Å². The Morgan fingerprint density at radius 3 is 2.00 bits per heavy atom. The monoisotopic (exact) mass is 240 g/mol. The molecule has 0 bridgehead atoms. The lowest BCUT2D eigenvalue weighted by Gasteiger charge is -2.15. The highest BCUT2D eigenvalue weighted by molar-refractivity contribution is 7.79. The van der Waals surface area contributed by atoms with Gasteiger partial charge in [0.05, 0.1) is 0 Å². The Kier molecular flexibility index (Phi) is 8.07. The second-order valence-electron chi connectivity index (χ2n) is 2.81. The normalized spacial score (nSPS) is 14.2. The summed E-state index contributed by atoms with van der Waals surface area (Å²) in [6, 6.07) is -0.0191. The molecule has 0 aliphatic rings. The summed E-state index contributed by atoms with van der Waals surface area (Å²) in [6.07, 6.45) is 1.23. The van der Waals surface area contributed by atoms with E-state index in [0.29, 0.717) is 0 Å². The predicted molar refractivity (Wildman–Crippen MR) is 55.6 cm³/mol. The molecule has 7 nitrogen and oxygen atoms in total. The molecular weight excluding hydrogens is 224 g/mol. The molecule has 0 aliphatic heterocycles. The van der Waals surface area contributed by atoms with Crippen LogP contribution in [0.5, 0.6) is 0 Å². The molecule has 0 saturated carbocycles. The minimum absolute atomic E-state index is 0.00509. The van der Waals surface area contributed by atoms with Crippen LogP contribution in [0.15, 0.2) is 12.7 Å². The Labute approximate surface area is 88.9 Å². The van der Waals surface area contributed by atoms with Crippen LogP contribution in [-0.2, 0) is 15.2 Å². The summed E-state index contributed by atoms with van der Waals surface area (Å²) >= 11 is 0. The molecule has 2 atom stereocenters. The van der Waals surface area contributed by atoms with Crippen LogP contribution in [0.4, 0.5) is 0 Å². The fourth-order valence-electron chi connectivity index (χ4n) is 0.415. The van der Waals surface area contributed by atoms with E-state index in [9.17, 15) is 4.79 Å². The number of nitrogens with one attached hydrogen (secondary N) is 1. The van der Waals surface area contributed by atoms with Gasteiger partial charge >= 0.3 is 10.4 Å². The number of amides is 1. The van der Waals surface area contributed by atoms with Crippen LogP contribution >= 0.6 is 0 Å². The van der Waals surface area contributed by atoms with Crippen molar-refractivity contribution in [3.05, 3.63) is 12.7 Å². The van der Waals surface area contributed by atoms with Crippen molar-refractivity contribution in [1.82, 2.24) is 5.32 Å². The minimum atomic E-state index is -4.67. The van der Waals surface area contributed by atoms with E-state index in [-0.39, 0.29) is 18.0 Å². The van der Waals surface area contributed by atoms with Gasteiger partial charge in [0.15, 0.2) is 0 Å². The van der Waals surface area contributed by atoms with Gasteiger partial charge in [0.2, 0.25) is 5.91 Å². The quantitative estimate of drug-likeness (QED) is 0.384. The molecule has 0 fully saturated rings. The van der Waals surface area contributed by atoms with Crippen molar-refractivity contribution in [3.8, 4) is 0 Å². The van der Waals surface area contributed by atoms with Crippen LogP contribution < -0.4 is 11.1 Å². The van der Waals surface area contributed by atoms with E-state index in [1.807, 2.05) is 13.8 Å². The van der Waals surface area contributed by atoms with Crippen LogP contribution in [0, 0.1) is 0 Å². The maximum Gasteiger partial charge on any atom is 0.394 e. The van der Waals surface area contributed by atoms with Crippen LogP contribution in [-0.4, -0.2) is 35.5 Å². The second kappa shape index (κ2) is 7.35. The minimum Gasteiger partial charge on any atom is -0.349 e. The third-order valence-corrected chi connectivity index (χ3v) is 1.34. The van der Waals surface area contributed by atoms with Crippen molar-refractivity contribution >= 4 is 16.3 Å². The van der Waals surface area contributed by atoms with Gasteiger partial charge in [-0.1, -0.05) is 6.58 Å². The molecule has 15 heavy (non-hydrogen) atoms. The van der Waals surface area contributed by atoms with Crippen LogP contribution in [0.1, 0.15) is 13.8 Å². The summed E-state index contributed by atoms with van der Waals surface area (Å²) in [5.74, 6) is -0.176. The lowest BCUT2D eigenvalue weighted by atomic mass is 10.2. The van der Waals surface area contributed by atoms with Crippen molar-refractivity contribution in [2.45, 2.75) is 25.9 Å². The van der Waals surface area contributed by atoms with Crippen molar-refractivity contribution in [1.29, 1.82) is 0 Å². The number of nitrogens with two attached hydrogens (primary N) is 1. The van der Waals surface area contributed by atoms with Gasteiger partial charge in [0.1, 0.15) is 0 Å². The molecule has 0 radical (unpaired) electrons. The molecule has 0 aromatic heterocycles. The van der Waals surface area contributed by atoms with E-state index in [2.05, 4.69) is 11.9 Å². The molecule has 0 saturated heterocycles. The van der Waals surface area contributed by atoms with E-state index in [0.717, 1.165) is 0 Å². The van der Waals surface area contributed by atoms with Crippen LogP contribution in [0.2, 0.25) is 0 Å². The fourth-order valence-corrected chi connectivity index (χ4v) is 0.415. The smallest absolute Gasteiger partial charge is 0.349 e. The van der Waals surface area contributed by atoms with Crippen molar-refractivity contribution in [2.75, 3.05) is 0 Å². The third kappa shape index (κ3) is 19.4. The molecule has 0 heterocycles. The number of rotatable bonds is 3. The maximum absolute atomic E-state index is 10.6. The van der Waals surface area contributed by atoms with E-state index in [4.69, 9.17) is 23.3 Å². The molecule has 2 unspecified atom stereocenters. The first-order chi connectivity index (χ1) is 6.57. The van der Waals surface area contributed by atoms with Crippen molar-refractivity contribution in [3.63, 3.8) is 0 Å². The first kappa shape index (κ1) is 16.5. The maximum atomic E-state index is 10.6. The first-order valence-electron chi connectivity index (χ1n) is 3.96. The number of hydrogen-bond donors (Lipinski definition) is 4. The Balaban J connectivity index is 0. The summed E-state index contributed by atoms with van der Waals surface area (Å²) in [5, 5.41) is 2.65. The van der Waals surface area contributed by atoms with Gasteiger partial charge in [-0.3, -0.25) is 13.9 Å². The molecule has 0 spiro atoms.